The smallest absolute Gasteiger partial charge is 0.242 e. The highest BCUT2D eigenvalue weighted by Gasteiger charge is 2.17. The van der Waals surface area contributed by atoms with E-state index in [9.17, 15) is 8.42 Å². The molecular formula is C11H12ClN3O2S2. The van der Waals surface area contributed by atoms with E-state index in [0.717, 1.165) is 5.69 Å². The first-order chi connectivity index (χ1) is 8.99. The van der Waals surface area contributed by atoms with E-state index in [4.69, 9.17) is 17.3 Å². The van der Waals surface area contributed by atoms with Gasteiger partial charge in [-0.2, -0.15) is 0 Å². The van der Waals surface area contributed by atoms with Crippen LogP contribution in [0.15, 0.2) is 34.0 Å². The molecule has 0 amide bonds. The Morgan fingerprint density at radius 2 is 2.21 bits per heavy atom. The molecule has 102 valence electrons. The van der Waals surface area contributed by atoms with Crippen LogP contribution in [0.1, 0.15) is 5.69 Å². The van der Waals surface area contributed by atoms with Crippen molar-refractivity contribution in [3.63, 3.8) is 0 Å². The van der Waals surface area contributed by atoms with Gasteiger partial charge in [-0.05, 0) is 18.2 Å². The van der Waals surface area contributed by atoms with Crippen molar-refractivity contribution in [1.29, 1.82) is 0 Å². The van der Waals surface area contributed by atoms with Gasteiger partial charge in [-0.1, -0.05) is 11.6 Å². The number of hydrogen-bond acceptors (Lipinski definition) is 5. The van der Waals surface area contributed by atoms with Gasteiger partial charge in [0.05, 0.1) is 16.9 Å². The molecule has 8 heteroatoms. The summed E-state index contributed by atoms with van der Waals surface area (Å²) in [5.74, 6) is 0. The molecule has 0 bridgehead atoms. The van der Waals surface area contributed by atoms with Crippen molar-refractivity contribution in [1.82, 2.24) is 9.71 Å². The van der Waals surface area contributed by atoms with Gasteiger partial charge in [-0.3, -0.25) is 0 Å². The predicted molar refractivity (Wildman–Crippen MR) is 76.9 cm³/mol. The summed E-state index contributed by atoms with van der Waals surface area (Å²) in [5.41, 5.74) is 8.39. The first kappa shape index (κ1) is 14.3. The molecule has 0 aliphatic carbocycles. The van der Waals surface area contributed by atoms with Gasteiger partial charge in [0.25, 0.3) is 0 Å². The Morgan fingerprint density at radius 3 is 2.89 bits per heavy atom. The van der Waals surface area contributed by atoms with Crippen molar-refractivity contribution in [2.24, 2.45) is 0 Å². The number of nitrogen functional groups attached to an aromatic ring is 1. The van der Waals surface area contributed by atoms with E-state index in [-0.39, 0.29) is 17.1 Å². The lowest BCUT2D eigenvalue weighted by Crippen LogP contribution is -2.26. The summed E-state index contributed by atoms with van der Waals surface area (Å²) in [4.78, 5) is 4.08. The fraction of sp³-hybridized carbons (Fsp3) is 0.182. The SMILES string of the molecule is Nc1ccc(Cl)cc1S(=O)(=O)NCCc1cscn1. The van der Waals surface area contributed by atoms with Crippen molar-refractivity contribution in [3.8, 4) is 0 Å². The monoisotopic (exact) mass is 317 g/mol. The van der Waals surface area contributed by atoms with Crippen LogP contribution >= 0.6 is 22.9 Å². The van der Waals surface area contributed by atoms with E-state index < -0.39 is 10.0 Å². The molecule has 0 saturated heterocycles. The molecule has 0 spiro atoms. The zero-order valence-corrected chi connectivity index (χ0v) is 12.2. The Balaban J connectivity index is 2.07. The number of anilines is 1. The lowest BCUT2D eigenvalue weighted by atomic mass is 10.3. The van der Waals surface area contributed by atoms with E-state index in [1.165, 1.54) is 23.5 Å². The third-order valence-electron chi connectivity index (χ3n) is 2.42. The zero-order valence-electron chi connectivity index (χ0n) is 9.84. The zero-order chi connectivity index (χ0) is 13.9. The molecular weight excluding hydrogens is 306 g/mol. The normalized spacial score (nSPS) is 11.6. The van der Waals surface area contributed by atoms with Crippen molar-refractivity contribution in [3.05, 3.63) is 39.8 Å². The van der Waals surface area contributed by atoms with Crippen LogP contribution in [0.3, 0.4) is 0 Å². The Kier molecular flexibility index (Phi) is 4.41. The van der Waals surface area contributed by atoms with E-state index in [2.05, 4.69) is 9.71 Å². The molecule has 0 aliphatic heterocycles. The van der Waals surface area contributed by atoms with Crippen molar-refractivity contribution < 1.29 is 8.42 Å². The Morgan fingerprint density at radius 1 is 1.42 bits per heavy atom. The summed E-state index contributed by atoms with van der Waals surface area (Å²) in [7, 11) is -3.65. The lowest BCUT2D eigenvalue weighted by molar-refractivity contribution is 0.582. The molecule has 2 rings (SSSR count). The first-order valence-electron chi connectivity index (χ1n) is 5.41. The fourth-order valence-electron chi connectivity index (χ4n) is 1.49. The number of benzene rings is 1. The number of halogens is 1. The Labute approximate surface area is 120 Å². The molecule has 2 aromatic rings. The number of nitrogens with two attached hydrogens (primary N) is 1. The van der Waals surface area contributed by atoms with Crippen molar-refractivity contribution in [2.75, 3.05) is 12.3 Å². The topological polar surface area (TPSA) is 85.1 Å². The lowest BCUT2D eigenvalue weighted by Gasteiger charge is -2.08. The Hall–Kier alpha value is -1.15. The molecule has 1 aromatic heterocycles. The van der Waals surface area contributed by atoms with Gasteiger partial charge in [0.15, 0.2) is 0 Å². The average Bonchev–Trinajstić information content (AvgIpc) is 2.85. The average molecular weight is 318 g/mol. The van der Waals surface area contributed by atoms with E-state index in [0.29, 0.717) is 11.4 Å². The Bertz CT molecular complexity index is 657. The van der Waals surface area contributed by atoms with Gasteiger partial charge >= 0.3 is 0 Å². The highest BCUT2D eigenvalue weighted by molar-refractivity contribution is 7.89. The standard InChI is InChI=1S/C11H12ClN3O2S2/c12-8-1-2-10(13)11(5-8)19(16,17)15-4-3-9-6-18-7-14-9/h1-2,5-7,15H,3-4,13H2. The summed E-state index contributed by atoms with van der Waals surface area (Å²) in [6.07, 6.45) is 0.531. The van der Waals surface area contributed by atoms with Gasteiger partial charge in [0, 0.05) is 23.4 Å². The quantitative estimate of drug-likeness (QED) is 0.825. The maximum Gasteiger partial charge on any atom is 0.242 e. The molecule has 0 aliphatic rings. The van der Waals surface area contributed by atoms with Crippen molar-refractivity contribution >= 4 is 38.6 Å². The maximum absolute atomic E-state index is 12.1. The molecule has 0 unspecified atom stereocenters. The summed E-state index contributed by atoms with van der Waals surface area (Å²) in [6.45, 7) is 0.262. The van der Waals surface area contributed by atoms with E-state index in [1.54, 1.807) is 11.6 Å². The van der Waals surface area contributed by atoms with Crippen LogP contribution in [0.2, 0.25) is 5.02 Å². The summed E-state index contributed by atoms with van der Waals surface area (Å²) in [6, 6.07) is 4.35. The highest BCUT2D eigenvalue weighted by Crippen LogP contribution is 2.22. The van der Waals surface area contributed by atoms with Crippen LogP contribution in [0.4, 0.5) is 5.69 Å². The van der Waals surface area contributed by atoms with E-state index in [1.807, 2.05) is 5.38 Å². The van der Waals surface area contributed by atoms with Crippen LogP contribution < -0.4 is 10.5 Å². The van der Waals surface area contributed by atoms with Gasteiger partial charge < -0.3 is 5.73 Å². The second-order valence-corrected chi connectivity index (χ2v) is 6.70. The molecule has 0 atom stereocenters. The van der Waals surface area contributed by atoms with Gasteiger partial charge in [0.1, 0.15) is 4.90 Å². The molecule has 0 fully saturated rings. The van der Waals surface area contributed by atoms with Gasteiger partial charge in [-0.15, -0.1) is 11.3 Å². The molecule has 19 heavy (non-hydrogen) atoms. The summed E-state index contributed by atoms with van der Waals surface area (Å²) < 4.78 is 26.6. The highest BCUT2D eigenvalue weighted by atomic mass is 35.5. The second kappa shape index (κ2) is 5.87. The van der Waals surface area contributed by atoms with Crippen LogP contribution in [0.5, 0.6) is 0 Å². The molecule has 0 radical (unpaired) electrons. The minimum Gasteiger partial charge on any atom is -0.398 e. The predicted octanol–water partition coefficient (Wildman–Crippen LogP) is 1.90. The third-order valence-corrected chi connectivity index (χ3v) is 4.81. The third kappa shape index (κ3) is 3.66. The fourth-order valence-corrected chi connectivity index (χ4v) is 3.51. The largest absolute Gasteiger partial charge is 0.398 e. The van der Waals surface area contributed by atoms with Crippen LogP contribution in [-0.4, -0.2) is 19.9 Å². The van der Waals surface area contributed by atoms with Gasteiger partial charge in [0.2, 0.25) is 10.0 Å². The molecule has 3 N–H and O–H groups in total. The van der Waals surface area contributed by atoms with E-state index >= 15 is 0 Å². The maximum atomic E-state index is 12.1. The van der Waals surface area contributed by atoms with Crippen LogP contribution in [-0.2, 0) is 16.4 Å². The minimum absolute atomic E-state index is 0.00159. The number of sulfonamides is 1. The molecule has 0 saturated carbocycles. The van der Waals surface area contributed by atoms with Crippen molar-refractivity contribution in [2.45, 2.75) is 11.3 Å². The number of rotatable bonds is 5. The number of nitrogens with zero attached hydrogens (tertiary/aromatic N) is 1. The number of aromatic nitrogens is 1. The second-order valence-electron chi connectivity index (χ2n) is 3.81. The van der Waals surface area contributed by atoms with Crippen LogP contribution in [0, 0.1) is 0 Å². The first-order valence-corrected chi connectivity index (χ1v) is 8.21. The molecule has 5 nitrogen and oxygen atoms in total. The minimum atomic E-state index is -3.65. The summed E-state index contributed by atoms with van der Waals surface area (Å²) in [5, 5.41) is 2.20. The number of hydrogen-bond donors (Lipinski definition) is 2. The number of thiazole rings is 1. The molecule has 1 aromatic carbocycles. The summed E-state index contributed by atoms with van der Waals surface area (Å²) >= 11 is 7.25. The number of nitrogens with one attached hydrogen (secondary N) is 1. The molecule has 1 heterocycles. The van der Waals surface area contributed by atoms with Crippen LogP contribution in [0.25, 0.3) is 0 Å². The van der Waals surface area contributed by atoms with Gasteiger partial charge in [-0.25, -0.2) is 18.1 Å².